The molecule has 1 N–H and O–H groups in total. The van der Waals surface area contributed by atoms with Gasteiger partial charge in [0.1, 0.15) is 11.5 Å². The standard InChI is InChI=1S/C21H22N2O3S/c1-12-9-15(10-19(26-5)13(12)2)17-11-27-21(22-17)23-20(24)16-7-6-8-18(25-4)14(16)3/h6-11H,1-5H3,(H,22,23,24). The van der Waals surface area contributed by atoms with Gasteiger partial charge in [-0.15, -0.1) is 11.3 Å². The topological polar surface area (TPSA) is 60.5 Å². The van der Waals surface area contributed by atoms with Crippen LogP contribution in [0.5, 0.6) is 11.5 Å². The van der Waals surface area contributed by atoms with E-state index in [0.717, 1.165) is 33.7 Å². The van der Waals surface area contributed by atoms with Gasteiger partial charge < -0.3 is 9.47 Å². The summed E-state index contributed by atoms with van der Waals surface area (Å²) in [6.45, 7) is 5.94. The van der Waals surface area contributed by atoms with Crippen LogP contribution in [-0.2, 0) is 0 Å². The second-order valence-corrected chi connectivity index (χ2v) is 7.10. The van der Waals surface area contributed by atoms with Crippen LogP contribution in [0.4, 0.5) is 5.13 Å². The van der Waals surface area contributed by atoms with Crippen molar-refractivity contribution in [2.75, 3.05) is 19.5 Å². The number of ether oxygens (including phenoxy) is 2. The van der Waals surface area contributed by atoms with Gasteiger partial charge in [0.25, 0.3) is 5.91 Å². The predicted octanol–water partition coefficient (Wildman–Crippen LogP) is 5.00. The van der Waals surface area contributed by atoms with Crippen LogP contribution < -0.4 is 14.8 Å². The van der Waals surface area contributed by atoms with E-state index in [0.29, 0.717) is 16.4 Å². The van der Waals surface area contributed by atoms with E-state index in [1.165, 1.54) is 11.3 Å². The third-order valence-corrected chi connectivity index (χ3v) is 5.37. The first-order chi connectivity index (χ1) is 12.9. The van der Waals surface area contributed by atoms with Crippen molar-refractivity contribution in [3.05, 3.63) is 58.0 Å². The highest BCUT2D eigenvalue weighted by Crippen LogP contribution is 2.32. The van der Waals surface area contributed by atoms with Gasteiger partial charge >= 0.3 is 0 Å². The number of hydrogen-bond donors (Lipinski definition) is 1. The van der Waals surface area contributed by atoms with E-state index < -0.39 is 0 Å². The van der Waals surface area contributed by atoms with Gasteiger partial charge in [-0.05, 0) is 56.2 Å². The first-order valence-electron chi connectivity index (χ1n) is 8.50. The van der Waals surface area contributed by atoms with Crippen LogP contribution >= 0.6 is 11.3 Å². The molecule has 0 atom stereocenters. The molecule has 0 saturated heterocycles. The maximum Gasteiger partial charge on any atom is 0.257 e. The second-order valence-electron chi connectivity index (χ2n) is 6.25. The minimum atomic E-state index is -0.204. The van der Waals surface area contributed by atoms with Crippen molar-refractivity contribution in [1.29, 1.82) is 0 Å². The lowest BCUT2D eigenvalue weighted by Crippen LogP contribution is -2.13. The molecule has 140 valence electrons. The number of benzene rings is 2. The number of aromatic nitrogens is 1. The van der Waals surface area contributed by atoms with E-state index in [9.17, 15) is 4.79 Å². The lowest BCUT2D eigenvalue weighted by atomic mass is 10.0. The third kappa shape index (κ3) is 3.80. The number of rotatable bonds is 5. The molecule has 0 fully saturated rings. The molecule has 1 heterocycles. The smallest absolute Gasteiger partial charge is 0.257 e. The minimum absolute atomic E-state index is 0.204. The molecule has 0 aliphatic carbocycles. The quantitative estimate of drug-likeness (QED) is 0.674. The molecule has 3 aromatic rings. The molecule has 0 spiro atoms. The zero-order valence-electron chi connectivity index (χ0n) is 16.0. The Morgan fingerprint density at radius 3 is 2.48 bits per heavy atom. The van der Waals surface area contributed by atoms with Crippen LogP contribution in [0.2, 0.25) is 0 Å². The Morgan fingerprint density at radius 1 is 1.04 bits per heavy atom. The number of carbonyl (C=O) groups is 1. The van der Waals surface area contributed by atoms with Crippen LogP contribution in [0.25, 0.3) is 11.3 Å². The van der Waals surface area contributed by atoms with E-state index in [4.69, 9.17) is 9.47 Å². The third-order valence-electron chi connectivity index (χ3n) is 4.61. The van der Waals surface area contributed by atoms with E-state index in [1.54, 1.807) is 26.4 Å². The molecular formula is C21H22N2O3S. The minimum Gasteiger partial charge on any atom is -0.496 e. The first kappa shape index (κ1) is 18.9. The summed E-state index contributed by atoms with van der Waals surface area (Å²) in [5.74, 6) is 1.31. The second kappa shape index (κ2) is 7.80. The van der Waals surface area contributed by atoms with Crippen molar-refractivity contribution >= 4 is 22.4 Å². The summed E-state index contributed by atoms with van der Waals surface area (Å²) in [4.78, 5) is 17.2. The van der Waals surface area contributed by atoms with Gasteiger partial charge in [0, 0.05) is 22.1 Å². The number of hydrogen-bond acceptors (Lipinski definition) is 5. The molecule has 2 aromatic carbocycles. The fourth-order valence-corrected chi connectivity index (χ4v) is 3.61. The Morgan fingerprint density at radius 2 is 1.78 bits per heavy atom. The Labute approximate surface area is 163 Å². The summed E-state index contributed by atoms with van der Waals surface area (Å²) < 4.78 is 10.7. The van der Waals surface area contributed by atoms with Crippen molar-refractivity contribution in [1.82, 2.24) is 4.98 Å². The maximum absolute atomic E-state index is 12.6. The number of aryl methyl sites for hydroxylation is 1. The summed E-state index contributed by atoms with van der Waals surface area (Å²) in [5, 5.41) is 5.36. The van der Waals surface area contributed by atoms with Gasteiger partial charge in [0.05, 0.1) is 19.9 Å². The Bertz CT molecular complexity index is 995. The van der Waals surface area contributed by atoms with Crippen LogP contribution in [0.1, 0.15) is 27.0 Å². The molecule has 0 unspecified atom stereocenters. The Hall–Kier alpha value is -2.86. The van der Waals surface area contributed by atoms with Crippen molar-refractivity contribution in [2.24, 2.45) is 0 Å². The monoisotopic (exact) mass is 382 g/mol. The molecule has 0 bridgehead atoms. The average Bonchev–Trinajstić information content (AvgIpc) is 3.12. The van der Waals surface area contributed by atoms with Gasteiger partial charge in [-0.1, -0.05) is 6.07 Å². The molecule has 27 heavy (non-hydrogen) atoms. The largest absolute Gasteiger partial charge is 0.496 e. The van der Waals surface area contributed by atoms with Crippen molar-refractivity contribution in [2.45, 2.75) is 20.8 Å². The predicted molar refractivity (Wildman–Crippen MR) is 109 cm³/mol. The molecule has 0 aliphatic heterocycles. The molecule has 3 rings (SSSR count). The van der Waals surface area contributed by atoms with Gasteiger partial charge in [-0.3, -0.25) is 10.1 Å². The van der Waals surface area contributed by atoms with E-state index in [1.807, 2.05) is 38.3 Å². The van der Waals surface area contributed by atoms with E-state index in [2.05, 4.69) is 16.4 Å². The van der Waals surface area contributed by atoms with Crippen molar-refractivity contribution in [3.8, 4) is 22.8 Å². The number of nitrogens with one attached hydrogen (secondary N) is 1. The molecule has 6 heteroatoms. The van der Waals surface area contributed by atoms with Crippen LogP contribution in [0.3, 0.4) is 0 Å². The lowest BCUT2D eigenvalue weighted by molar-refractivity contribution is 0.102. The van der Waals surface area contributed by atoms with Crippen molar-refractivity contribution < 1.29 is 14.3 Å². The van der Waals surface area contributed by atoms with Gasteiger partial charge in [0.2, 0.25) is 0 Å². The molecule has 1 amide bonds. The number of nitrogens with zero attached hydrogens (tertiary/aromatic N) is 1. The highest BCUT2D eigenvalue weighted by atomic mass is 32.1. The zero-order valence-corrected chi connectivity index (χ0v) is 16.9. The molecular weight excluding hydrogens is 360 g/mol. The zero-order chi connectivity index (χ0) is 19.6. The fourth-order valence-electron chi connectivity index (χ4n) is 2.90. The van der Waals surface area contributed by atoms with Gasteiger partial charge in [0.15, 0.2) is 5.13 Å². The SMILES string of the molecule is COc1cc(-c2csc(NC(=O)c3cccc(OC)c3C)n2)cc(C)c1C. The van der Waals surface area contributed by atoms with E-state index in [-0.39, 0.29) is 5.91 Å². The highest BCUT2D eigenvalue weighted by Gasteiger charge is 2.15. The summed E-state index contributed by atoms with van der Waals surface area (Å²) in [6, 6.07) is 9.45. The number of carbonyl (C=O) groups excluding carboxylic acids is 1. The molecule has 0 radical (unpaired) electrons. The summed E-state index contributed by atoms with van der Waals surface area (Å²) in [6.07, 6.45) is 0. The number of thiazole rings is 1. The van der Waals surface area contributed by atoms with E-state index >= 15 is 0 Å². The van der Waals surface area contributed by atoms with Crippen molar-refractivity contribution in [3.63, 3.8) is 0 Å². The molecule has 1 aromatic heterocycles. The molecule has 0 aliphatic rings. The highest BCUT2D eigenvalue weighted by molar-refractivity contribution is 7.14. The van der Waals surface area contributed by atoms with Crippen LogP contribution in [0.15, 0.2) is 35.7 Å². The Balaban J connectivity index is 1.85. The summed E-state index contributed by atoms with van der Waals surface area (Å²) in [7, 11) is 3.25. The van der Waals surface area contributed by atoms with Crippen LogP contribution in [-0.4, -0.2) is 25.1 Å². The summed E-state index contributed by atoms with van der Waals surface area (Å²) in [5.41, 5.74) is 5.38. The Kier molecular flexibility index (Phi) is 5.46. The fraction of sp³-hybridized carbons (Fsp3) is 0.238. The lowest BCUT2D eigenvalue weighted by Gasteiger charge is -2.10. The average molecular weight is 382 g/mol. The van der Waals surface area contributed by atoms with Gasteiger partial charge in [-0.2, -0.15) is 0 Å². The molecule has 0 saturated carbocycles. The number of methoxy groups -OCH3 is 2. The maximum atomic E-state index is 12.6. The molecule has 5 nitrogen and oxygen atoms in total. The summed E-state index contributed by atoms with van der Waals surface area (Å²) >= 11 is 1.39. The first-order valence-corrected chi connectivity index (χ1v) is 9.38. The van der Waals surface area contributed by atoms with Crippen LogP contribution in [0, 0.1) is 20.8 Å². The normalized spacial score (nSPS) is 10.6. The number of amides is 1. The van der Waals surface area contributed by atoms with Gasteiger partial charge in [-0.25, -0.2) is 4.98 Å². The number of anilines is 1.